The predicted octanol–water partition coefficient (Wildman–Crippen LogP) is 3.68. The van der Waals surface area contributed by atoms with Gasteiger partial charge in [0.2, 0.25) is 0 Å². The van der Waals surface area contributed by atoms with Gasteiger partial charge >= 0.3 is 5.97 Å². The monoisotopic (exact) mass is 426 g/mol. The van der Waals surface area contributed by atoms with Gasteiger partial charge in [-0.05, 0) is 21.8 Å². The fraction of sp³-hybridized carbons (Fsp3) is 0.400. The number of benzene rings is 2. The van der Waals surface area contributed by atoms with Crippen molar-refractivity contribution < 1.29 is 19.1 Å². The molecule has 1 N–H and O–H groups in total. The number of carbonyl (C=O) groups excluding carboxylic acids is 1. The molecule has 2 rings (SSSR count). The van der Waals surface area contributed by atoms with Crippen LogP contribution in [0.25, 0.3) is 0 Å². The van der Waals surface area contributed by atoms with Crippen molar-refractivity contribution >= 4 is 24.7 Å². The first-order chi connectivity index (χ1) is 14.2. The number of esters is 1. The maximum Gasteiger partial charge on any atom is 0.335 e. The Bertz CT molecular complexity index is 773. The van der Waals surface area contributed by atoms with Crippen LogP contribution < -0.4 is 10.4 Å². The highest BCUT2D eigenvalue weighted by molar-refractivity contribution is 6.99. The van der Waals surface area contributed by atoms with Gasteiger partial charge in [0.15, 0.2) is 6.10 Å². The van der Waals surface area contributed by atoms with E-state index in [9.17, 15) is 9.90 Å². The Labute approximate surface area is 181 Å². The molecule has 4 nitrogen and oxygen atoms in total. The molecular formula is C25H34O4Si. The van der Waals surface area contributed by atoms with Crippen molar-refractivity contribution in [1.82, 2.24) is 0 Å². The minimum absolute atomic E-state index is 0.0617. The second kappa shape index (κ2) is 10.7. The topological polar surface area (TPSA) is 55.8 Å². The molecule has 0 bridgehead atoms. The Morgan fingerprint density at radius 1 is 1.03 bits per heavy atom. The fourth-order valence-corrected chi connectivity index (χ4v) is 8.37. The molecule has 5 heteroatoms. The molecule has 0 unspecified atom stereocenters. The quantitative estimate of drug-likeness (QED) is 0.288. The third-order valence-electron chi connectivity index (χ3n) is 5.40. The second-order valence-corrected chi connectivity index (χ2v) is 12.9. The molecule has 162 valence electrons. The Kier molecular flexibility index (Phi) is 8.59. The lowest BCUT2D eigenvalue weighted by molar-refractivity contribution is -0.152. The standard InChI is InChI=1S/C25H34O4Si/c1-20(23(26)24(27)28-5)14-12-13-19-29-30(25(2,3)4,21-15-8-6-9-16-21)22-17-10-7-11-18-22/h6-12,14-18,20,23,26H,13,19H2,1-5H3/b14-12+/t20-,23-/m1/s1. The molecule has 0 heterocycles. The van der Waals surface area contributed by atoms with Crippen molar-refractivity contribution in [2.45, 2.75) is 45.3 Å². The van der Waals surface area contributed by atoms with Crippen LogP contribution in [-0.4, -0.2) is 39.2 Å². The number of hydrogen-bond acceptors (Lipinski definition) is 4. The zero-order valence-electron chi connectivity index (χ0n) is 18.7. The van der Waals surface area contributed by atoms with Gasteiger partial charge in [0.25, 0.3) is 8.32 Å². The fourth-order valence-electron chi connectivity index (χ4n) is 3.79. The maximum absolute atomic E-state index is 11.5. The van der Waals surface area contributed by atoms with Crippen molar-refractivity contribution in [1.29, 1.82) is 0 Å². The largest absolute Gasteiger partial charge is 0.467 e. The van der Waals surface area contributed by atoms with E-state index < -0.39 is 20.4 Å². The summed E-state index contributed by atoms with van der Waals surface area (Å²) in [6.45, 7) is 9.11. The summed E-state index contributed by atoms with van der Waals surface area (Å²) in [5, 5.41) is 12.4. The van der Waals surface area contributed by atoms with Crippen LogP contribution in [0.2, 0.25) is 5.04 Å². The van der Waals surface area contributed by atoms with Gasteiger partial charge in [-0.25, -0.2) is 4.79 Å². The summed E-state index contributed by atoms with van der Waals surface area (Å²) in [6, 6.07) is 21.1. The first-order valence-corrected chi connectivity index (χ1v) is 12.3. The summed E-state index contributed by atoms with van der Waals surface area (Å²) >= 11 is 0. The van der Waals surface area contributed by atoms with Gasteiger partial charge in [0, 0.05) is 12.5 Å². The van der Waals surface area contributed by atoms with Crippen LogP contribution in [0.5, 0.6) is 0 Å². The molecule has 2 atom stereocenters. The molecule has 0 aliphatic rings. The van der Waals surface area contributed by atoms with Gasteiger partial charge in [0.1, 0.15) is 0 Å². The molecule has 0 aromatic heterocycles. The second-order valence-electron chi connectivity index (χ2n) is 8.56. The maximum atomic E-state index is 11.5. The molecule has 30 heavy (non-hydrogen) atoms. The lowest BCUT2D eigenvalue weighted by Crippen LogP contribution is -2.66. The molecule has 0 aliphatic carbocycles. The molecule has 0 amide bonds. The van der Waals surface area contributed by atoms with Gasteiger partial charge in [-0.2, -0.15) is 0 Å². The summed E-state index contributed by atoms with van der Waals surface area (Å²) < 4.78 is 11.4. The molecule has 0 saturated heterocycles. The molecular weight excluding hydrogens is 392 g/mol. The lowest BCUT2D eigenvalue weighted by atomic mass is 10.0. The van der Waals surface area contributed by atoms with Crippen LogP contribution >= 0.6 is 0 Å². The van der Waals surface area contributed by atoms with Crippen LogP contribution in [-0.2, 0) is 14.0 Å². The van der Waals surface area contributed by atoms with E-state index in [-0.39, 0.29) is 11.0 Å². The molecule has 0 fully saturated rings. The predicted molar refractivity (Wildman–Crippen MR) is 125 cm³/mol. The van der Waals surface area contributed by atoms with E-state index in [0.29, 0.717) is 13.0 Å². The van der Waals surface area contributed by atoms with E-state index in [1.165, 1.54) is 17.5 Å². The molecule has 0 saturated carbocycles. The van der Waals surface area contributed by atoms with Gasteiger partial charge in [-0.15, -0.1) is 0 Å². The van der Waals surface area contributed by atoms with Crippen LogP contribution in [0, 0.1) is 5.92 Å². The number of rotatable bonds is 9. The third kappa shape index (κ3) is 5.48. The Morgan fingerprint density at radius 3 is 1.97 bits per heavy atom. The van der Waals surface area contributed by atoms with E-state index in [1.54, 1.807) is 6.92 Å². The highest BCUT2D eigenvalue weighted by Crippen LogP contribution is 2.36. The molecule has 2 aromatic rings. The van der Waals surface area contributed by atoms with E-state index in [1.807, 2.05) is 24.3 Å². The van der Waals surface area contributed by atoms with Crippen LogP contribution in [0.3, 0.4) is 0 Å². The van der Waals surface area contributed by atoms with E-state index in [2.05, 4.69) is 74.0 Å². The van der Waals surface area contributed by atoms with Crippen LogP contribution in [0.15, 0.2) is 72.8 Å². The Hall–Kier alpha value is -2.21. The molecule has 0 spiro atoms. The number of methoxy groups -OCH3 is 1. The first-order valence-electron chi connectivity index (χ1n) is 10.4. The number of aliphatic hydroxyl groups excluding tert-OH is 1. The van der Waals surface area contributed by atoms with Gasteiger partial charge < -0.3 is 14.3 Å². The number of carbonyl (C=O) groups is 1. The first kappa shape index (κ1) is 24.1. The SMILES string of the molecule is COC(=O)[C@H](O)[C@H](C)/C=C/CCO[Si](c1ccccc1)(c1ccccc1)C(C)(C)C. The van der Waals surface area contributed by atoms with Gasteiger partial charge in [0.05, 0.1) is 7.11 Å². The van der Waals surface area contributed by atoms with Crippen LogP contribution in [0.1, 0.15) is 34.1 Å². The smallest absolute Gasteiger partial charge is 0.335 e. The third-order valence-corrected chi connectivity index (χ3v) is 10.4. The average Bonchev–Trinajstić information content (AvgIpc) is 2.75. The number of ether oxygens (including phenoxy) is 1. The zero-order valence-corrected chi connectivity index (χ0v) is 19.7. The minimum atomic E-state index is -2.53. The van der Waals surface area contributed by atoms with Crippen molar-refractivity contribution in [3.05, 3.63) is 72.8 Å². The highest BCUT2D eigenvalue weighted by Gasteiger charge is 2.49. The van der Waals surface area contributed by atoms with Crippen molar-refractivity contribution in [2.24, 2.45) is 5.92 Å². The lowest BCUT2D eigenvalue weighted by Gasteiger charge is -2.43. The molecule has 2 aromatic carbocycles. The Balaban J connectivity index is 2.23. The summed E-state index contributed by atoms with van der Waals surface area (Å²) in [4.78, 5) is 11.5. The van der Waals surface area contributed by atoms with Gasteiger partial charge in [-0.3, -0.25) is 0 Å². The summed E-state index contributed by atoms with van der Waals surface area (Å²) in [7, 11) is -1.25. The summed E-state index contributed by atoms with van der Waals surface area (Å²) in [5.74, 6) is -0.930. The zero-order chi connectivity index (χ0) is 22.2. The number of hydrogen-bond donors (Lipinski definition) is 1. The molecule has 0 radical (unpaired) electrons. The summed E-state index contributed by atoms with van der Waals surface area (Å²) in [6.07, 6.45) is 3.36. The number of aliphatic hydroxyl groups is 1. The highest BCUT2D eigenvalue weighted by atomic mass is 28.4. The summed E-state index contributed by atoms with van der Waals surface area (Å²) in [5.41, 5.74) is 0. The van der Waals surface area contributed by atoms with Crippen LogP contribution in [0.4, 0.5) is 0 Å². The van der Waals surface area contributed by atoms with E-state index >= 15 is 0 Å². The Morgan fingerprint density at radius 2 is 1.53 bits per heavy atom. The minimum Gasteiger partial charge on any atom is -0.467 e. The van der Waals surface area contributed by atoms with E-state index in [4.69, 9.17) is 4.43 Å². The van der Waals surface area contributed by atoms with Crippen molar-refractivity contribution in [3.63, 3.8) is 0 Å². The average molecular weight is 427 g/mol. The van der Waals surface area contributed by atoms with Crippen molar-refractivity contribution in [2.75, 3.05) is 13.7 Å². The van der Waals surface area contributed by atoms with Gasteiger partial charge in [-0.1, -0.05) is 101 Å². The normalized spacial score (nSPS) is 14.5. The molecule has 0 aliphatic heterocycles. The van der Waals surface area contributed by atoms with Crippen molar-refractivity contribution in [3.8, 4) is 0 Å². The van der Waals surface area contributed by atoms with E-state index in [0.717, 1.165) is 0 Å².